The molecule has 31 heavy (non-hydrogen) atoms. The summed E-state index contributed by atoms with van der Waals surface area (Å²) in [4.78, 5) is 56.6. The average molecular weight is 462 g/mol. The minimum absolute atomic E-state index is 0.0412. The lowest BCUT2D eigenvalue weighted by Crippen LogP contribution is -2.68. The van der Waals surface area contributed by atoms with Gasteiger partial charge in [-0.15, -0.1) is 0 Å². The van der Waals surface area contributed by atoms with Crippen LogP contribution < -0.4 is 26.6 Å². The number of unbranched alkanes of at least 4 members (excludes halogenated alkanes) is 2. The van der Waals surface area contributed by atoms with Crippen molar-refractivity contribution in [3.8, 4) is 0 Å². The van der Waals surface area contributed by atoms with E-state index in [4.69, 9.17) is 5.73 Å². The van der Waals surface area contributed by atoms with E-state index in [-0.39, 0.29) is 25.0 Å². The number of aliphatic carboxylic acids is 2. The minimum atomic E-state index is -1.52. The summed E-state index contributed by atoms with van der Waals surface area (Å²) in [6, 6.07) is -2.52. The first kappa shape index (κ1) is 28.8. The maximum absolute atomic E-state index is 12.3. The third-order valence-electron chi connectivity index (χ3n) is 4.38. The fourth-order valence-electron chi connectivity index (χ4n) is 2.58. The van der Waals surface area contributed by atoms with Crippen molar-refractivity contribution in [2.24, 2.45) is 0 Å². The molecule has 2 amide bonds. The molecule has 0 fully saturated rings. The van der Waals surface area contributed by atoms with Gasteiger partial charge in [-0.3, -0.25) is 9.59 Å². The van der Waals surface area contributed by atoms with Gasteiger partial charge in [-0.1, -0.05) is 26.2 Å². The number of carbonyl (C=O) groups is 5. The van der Waals surface area contributed by atoms with Crippen molar-refractivity contribution in [3.05, 3.63) is 0 Å². The Bertz CT molecular complexity index is 605. The van der Waals surface area contributed by atoms with Crippen molar-refractivity contribution < 1.29 is 45.0 Å². The van der Waals surface area contributed by atoms with Crippen molar-refractivity contribution in [1.82, 2.24) is 10.6 Å². The maximum atomic E-state index is 12.3. The summed E-state index contributed by atoms with van der Waals surface area (Å²) in [5, 5.41) is 35.6. The number of thioether (sulfide) groups is 1. The molecule has 0 aromatic carbocycles. The van der Waals surface area contributed by atoms with Crippen molar-refractivity contribution in [2.45, 2.75) is 75.3 Å². The highest BCUT2D eigenvalue weighted by atomic mass is 32.2. The van der Waals surface area contributed by atoms with Gasteiger partial charge in [-0.2, -0.15) is 17.5 Å². The topological polar surface area (TPSA) is 201 Å². The van der Waals surface area contributed by atoms with Crippen LogP contribution in [0.3, 0.4) is 0 Å². The van der Waals surface area contributed by atoms with E-state index in [0.717, 1.165) is 31.0 Å². The summed E-state index contributed by atoms with van der Waals surface area (Å²) in [5.41, 5.74) is 5.29. The standard InChI is InChI=1S/C19H33N3O8S/c1-2-3-4-5-14(24)15(8-9-23)31-11-13(18(28)21-10-17(26)27)22-16(25)7-6-12(20)19(29)30/h9,12-15,24H,2-8,10-11,20H2,1H3,(H,21,28)(H,22,25)(H,26,27)(H,29,30)/q+1/p-2. The molecule has 0 aliphatic heterocycles. The smallest absolute Gasteiger partial charge is 0.243 e. The van der Waals surface area contributed by atoms with Gasteiger partial charge in [0.05, 0.1) is 18.6 Å². The number of amides is 2. The molecular weight excluding hydrogens is 430 g/mol. The Morgan fingerprint density at radius 3 is 2.39 bits per heavy atom. The summed E-state index contributed by atoms with van der Waals surface area (Å²) < 4.78 is 0. The monoisotopic (exact) mass is 461 g/mol. The average Bonchev–Trinajstić information content (AvgIpc) is 2.71. The molecule has 0 aliphatic rings. The SMILES string of the molecule is CCCCCC(O)C(CC=O)SCC(NC(=O)CCC([NH2+])C(=O)[O-])C(=O)NCC(=O)[O-]. The van der Waals surface area contributed by atoms with Gasteiger partial charge in [-0.25, -0.2) is 0 Å². The Kier molecular flexibility index (Phi) is 15.3. The molecule has 0 saturated carbocycles. The molecule has 177 valence electrons. The number of hydrogen-bond acceptors (Lipinski definition) is 10. The number of hydrogen-bond donors (Lipinski definition) is 4. The van der Waals surface area contributed by atoms with E-state index in [0.29, 0.717) is 12.7 Å². The van der Waals surface area contributed by atoms with Crippen molar-refractivity contribution in [2.75, 3.05) is 12.3 Å². The molecule has 0 spiro atoms. The Hall–Kier alpha value is -2.18. The predicted octanol–water partition coefficient (Wildman–Crippen LogP) is -4.10. The van der Waals surface area contributed by atoms with Gasteiger partial charge in [0.1, 0.15) is 18.3 Å². The first-order valence-corrected chi connectivity index (χ1v) is 11.1. The minimum Gasteiger partial charge on any atom is -0.548 e. The molecule has 12 heteroatoms. The van der Waals surface area contributed by atoms with Gasteiger partial charge in [0.25, 0.3) is 0 Å². The summed E-state index contributed by atoms with van der Waals surface area (Å²) in [7, 11) is 0. The van der Waals surface area contributed by atoms with E-state index in [1.807, 2.05) is 6.92 Å². The van der Waals surface area contributed by atoms with Crippen LogP contribution in [-0.4, -0.2) is 70.9 Å². The van der Waals surface area contributed by atoms with Crippen LogP contribution in [0.1, 0.15) is 51.9 Å². The van der Waals surface area contributed by atoms with Crippen LogP contribution in [0.15, 0.2) is 0 Å². The second-order valence-corrected chi connectivity index (χ2v) is 8.28. The number of rotatable bonds is 18. The van der Waals surface area contributed by atoms with E-state index in [1.165, 1.54) is 0 Å². The third kappa shape index (κ3) is 13.7. The Balaban J connectivity index is 5.02. The lowest BCUT2D eigenvalue weighted by Gasteiger charge is -2.24. The van der Waals surface area contributed by atoms with Crippen molar-refractivity contribution >= 4 is 41.8 Å². The summed E-state index contributed by atoms with van der Waals surface area (Å²) in [5.74, 6) is -4.53. The zero-order valence-corrected chi connectivity index (χ0v) is 18.4. The van der Waals surface area contributed by atoms with Gasteiger partial charge in [-0.05, 0) is 6.42 Å². The van der Waals surface area contributed by atoms with Crippen LogP contribution in [0.5, 0.6) is 0 Å². The molecule has 0 saturated heterocycles. The zero-order chi connectivity index (χ0) is 23.8. The predicted molar refractivity (Wildman–Crippen MR) is 107 cm³/mol. The first-order chi connectivity index (χ1) is 14.6. The Labute approximate surface area is 185 Å². The highest BCUT2D eigenvalue weighted by Crippen LogP contribution is 2.22. The summed E-state index contributed by atoms with van der Waals surface area (Å²) in [6.07, 6.45) is 2.56. The number of carbonyl (C=O) groups excluding carboxylic acids is 5. The Morgan fingerprint density at radius 1 is 1.16 bits per heavy atom. The van der Waals surface area contributed by atoms with E-state index in [9.17, 15) is 39.3 Å². The fraction of sp³-hybridized carbons (Fsp3) is 0.737. The molecular formula is C19H31N3O8S-. The highest BCUT2D eigenvalue weighted by Gasteiger charge is 2.26. The van der Waals surface area contributed by atoms with E-state index < -0.39 is 53.7 Å². The van der Waals surface area contributed by atoms with E-state index >= 15 is 0 Å². The number of aldehydes is 1. The molecule has 1 radical (unpaired) electrons. The molecule has 4 atom stereocenters. The number of carboxylic acids is 2. The molecule has 0 bridgehead atoms. The zero-order valence-electron chi connectivity index (χ0n) is 17.5. The third-order valence-corrected chi connectivity index (χ3v) is 5.84. The van der Waals surface area contributed by atoms with Crippen LogP contribution >= 0.6 is 11.8 Å². The van der Waals surface area contributed by atoms with Gasteiger partial charge < -0.3 is 40.3 Å². The number of nitrogens with one attached hydrogen (secondary N) is 2. The normalized spacial score (nSPS) is 14.7. The second kappa shape index (κ2) is 16.5. The fourth-order valence-corrected chi connectivity index (χ4v) is 3.82. The van der Waals surface area contributed by atoms with Crippen LogP contribution in [0.25, 0.3) is 0 Å². The van der Waals surface area contributed by atoms with Gasteiger partial charge >= 0.3 is 0 Å². The highest BCUT2D eigenvalue weighted by molar-refractivity contribution is 8.00. The lowest BCUT2D eigenvalue weighted by atomic mass is 10.1. The van der Waals surface area contributed by atoms with Gasteiger partial charge in [0, 0.05) is 30.3 Å². The van der Waals surface area contributed by atoms with Gasteiger partial charge in [0.2, 0.25) is 11.8 Å². The number of aliphatic hydroxyl groups excluding tert-OH is 1. The second-order valence-electron chi connectivity index (χ2n) is 7.01. The van der Waals surface area contributed by atoms with Crippen LogP contribution in [0.2, 0.25) is 0 Å². The van der Waals surface area contributed by atoms with E-state index in [2.05, 4.69) is 10.6 Å². The van der Waals surface area contributed by atoms with Gasteiger partial charge in [0.15, 0.2) is 6.04 Å². The van der Waals surface area contributed by atoms with E-state index in [1.54, 1.807) is 0 Å². The maximum Gasteiger partial charge on any atom is 0.243 e. The number of carboxylic acid groups (broad SMARTS) is 2. The quantitative estimate of drug-likeness (QED) is 0.116. The molecule has 0 aromatic rings. The summed E-state index contributed by atoms with van der Waals surface area (Å²) >= 11 is 1.11. The number of aliphatic hydroxyl groups is 1. The molecule has 0 rings (SSSR count). The Morgan fingerprint density at radius 2 is 1.84 bits per heavy atom. The largest absolute Gasteiger partial charge is 0.548 e. The van der Waals surface area contributed by atoms with Crippen molar-refractivity contribution in [3.63, 3.8) is 0 Å². The lowest BCUT2D eigenvalue weighted by molar-refractivity contribution is -0.438. The van der Waals surface area contributed by atoms with Crippen molar-refractivity contribution in [1.29, 1.82) is 0 Å². The summed E-state index contributed by atoms with van der Waals surface area (Å²) in [6.45, 7) is 1.26. The number of nitrogens with two attached hydrogens (primary N) is 1. The molecule has 4 unspecified atom stereocenters. The molecule has 0 aromatic heterocycles. The van der Waals surface area contributed by atoms with Crippen LogP contribution in [0.4, 0.5) is 0 Å². The molecule has 11 nitrogen and oxygen atoms in total. The molecule has 0 aliphatic carbocycles. The van der Waals surface area contributed by atoms with Crippen LogP contribution in [-0.2, 0) is 24.0 Å². The molecule has 0 heterocycles. The molecule has 5 N–H and O–H groups in total. The van der Waals surface area contributed by atoms with Crippen LogP contribution in [0, 0.1) is 0 Å². The first-order valence-electron chi connectivity index (χ1n) is 10.1.